The number of rotatable bonds is 3. The summed E-state index contributed by atoms with van der Waals surface area (Å²) in [4.78, 5) is 16.1. The van der Waals surface area contributed by atoms with E-state index in [0.717, 1.165) is 42.9 Å². The molecule has 25 heavy (non-hydrogen) atoms. The largest absolute Gasteiger partial charge is 0.349 e. The molecule has 1 aromatic heterocycles. The van der Waals surface area contributed by atoms with Gasteiger partial charge in [0.25, 0.3) is 5.91 Å². The first-order valence-corrected chi connectivity index (χ1v) is 9.10. The molecule has 1 aromatic carbocycles. The predicted molar refractivity (Wildman–Crippen MR) is 103 cm³/mol. The summed E-state index contributed by atoms with van der Waals surface area (Å²) in [5.74, 6) is 0.623. The first-order valence-electron chi connectivity index (χ1n) is 8.72. The molecule has 0 aliphatic heterocycles. The molecule has 2 aromatic rings. The highest BCUT2D eigenvalue weighted by Crippen LogP contribution is 2.23. The Balaban J connectivity index is 0.000000269. The van der Waals surface area contributed by atoms with Gasteiger partial charge >= 0.3 is 0 Å². The standard InChI is InChI=1S/C14H21N3O.C6H5Cl/c1-10-2-5-12(9-16-10)14(18)17-13-6-3-11(8-15)4-7-13;7-6-4-2-1-3-5-6/h2,5,9,11,13H,3-4,6-8,15H2,1H3,(H,17,18);1-5H. The fourth-order valence-corrected chi connectivity index (χ4v) is 2.97. The molecular formula is C20H26ClN3O. The molecule has 1 aliphatic rings. The number of hydrogen-bond donors (Lipinski definition) is 2. The number of aromatic nitrogens is 1. The van der Waals surface area contributed by atoms with Crippen LogP contribution in [0.25, 0.3) is 0 Å². The van der Waals surface area contributed by atoms with Crippen molar-refractivity contribution in [3.63, 3.8) is 0 Å². The number of hydrogen-bond acceptors (Lipinski definition) is 3. The van der Waals surface area contributed by atoms with Crippen LogP contribution in [0.4, 0.5) is 0 Å². The monoisotopic (exact) mass is 359 g/mol. The number of nitrogens with two attached hydrogens (primary N) is 1. The predicted octanol–water partition coefficient (Wildman–Crippen LogP) is 3.98. The van der Waals surface area contributed by atoms with Gasteiger partial charge in [-0.25, -0.2) is 0 Å². The number of nitrogens with zero attached hydrogens (tertiary/aromatic N) is 1. The van der Waals surface area contributed by atoms with Crippen molar-refractivity contribution in [3.05, 3.63) is 64.9 Å². The molecular weight excluding hydrogens is 334 g/mol. The van der Waals surface area contributed by atoms with Crippen LogP contribution >= 0.6 is 11.6 Å². The number of pyridine rings is 1. The molecule has 5 heteroatoms. The first-order chi connectivity index (χ1) is 12.1. The highest BCUT2D eigenvalue weighted by atomic mass is 35.5. The third-order valence-corrected chi connectivity index (χ3v) is 4.67. The minimum atomic E-state index is -0.0151. The summed E-state index contributed by atoms with van der Waals surface area (Å²) in [5, 5.41) is 3.87. The summed E-state index contributed by atoms with van der Waals surface area (Å²) >= 11 is 5.54. The second kappa shape index (κ2) is 10.2. The van der Waals surface area contributed by atoms with Crippen LogP contribution in [0.3, 0.4) is 0 Å². The number of amides is 1. The molecule has 0 bridgehead atoms. The Kier molecular flexibility index (Phi) is 7.89. The SMILES string of the molecule is Cc1ccc(C(=O)NC2CCC(CN)CC2)cn1.Clc1ccccc1. The van der Waals surface area contributed by atoms with E-state index >= 15 is 0 Å². The summed E-state index contributed by atoms with van der Waals surface area (Å²) in [6.07, 6.45) is 5.94. The van der Waals surface area contributed by atoms with E-state index in [9.17, 15) is 4.79 Å². The number of halogens is 1. The van der Waals surface area contributed by atoms with Gasteiger partial charge in [0.15, 0.2) is 0 Å². The molecule has 1 saturated carbocycles. The maximum absolute atomic E-state index is 12.0. The van der Waals surface area contributed by atoms with E-state index in [1.54, 1.807) is 6.20 Å². The summed E-state index contributed by atoms with van der Waals surface area (Å²) in [5.41, 5.74) is 7.23. The van der Waals surface area contributed by atoms with Crippen LogP contribution in [0, 0.1) is 12.8 Å². The van der Waals surface area contributed by atoms with Crippen molar-refractivity contribution in [2.75, 3.05) is 6.54 Å². The van der Waals surface area contributed by atoms with Crippen molar-refractivity contribution in [1.29, 1.82) is 0 Å². The maximum Gasteiger partial charge on any atom is 0.253 e. The molecule has 4 nitrogen and oxygen atoms in total. The van der Waals surface area contributed by atoms with Crippen LogP contribution in [0.2, 0.25) is 5.02 Å². The summed E-state index contributed by atoms with van der Waals surface area (Å²) < 4.78 is 0. The second-order valence-electron chi connectivity index (χ2n) is 6.41. The Morgan fingerprint density at radius 1 is 1.16 bits per heavy atom. The van der Waals surface area contributed by atoms with E-state index in [0.29, 0.717) is 17.5 Å². The lowest BCUT2D eigenvalue weighted by atomic mass is 9.86. The average Bonchev–Trinajstić information content (AvgIpc) is 2.64. The lowest BCUT2D eigenvalue weighted by Gasteiger charge is -2.28. The minimum Gasteiger partial charge on any atom is -0.349 e. The summed E-state index contributed by atoms with van der Waals surface area (Å²) in [6, 6.07) is 13.4. The van der Waals surface area contributed by atoms with E-state index in [4.69, 9.17) is 17.3 Å². The number of nitrogens with one attached hydrogen (secondary N) is 1. The number of benzene rings is 1. The molecule has 0 atom stereocenters. The van der Waals surface area contributed by atoms with Gasteiger partial charge < -0.3 is 11.1 Å². The van der Waals surface area contributed by atoms with Crippen LogP contribution < -0.4 is 11.1 Å². The highest BCUT2D eigenvalue weighted by molar-refractivity contribution is 6.30. The molecule has 3 N–H and O–H groups in total. The summed E-state index contributed by atoms with van der Waals surface area (Å²) in [7, 11) is 0. The molecule has 134 valence electrons. The number of aryl methyl sites for hydroxylation is 1. The zero-order chi connectivity index (χ0) is 18.1. The van der Waals surface area contributed by atoms with E-state index in [1.165, 1.54) is 0 Å². The van der Waals surface area contributed by atoms with Crippen LogP contribution in [0.5, 0.6) is 0 Å². The first kappa shape index (κ1) is 19.4. The van der Waals surface area contributed by atoms with Gasteiger partial charge in [-0.3, -0.25) is 9.78 Å². The zero-order valence-electron chi connectivity index (χ0n) is 14.6. The van der Waals surface area contributed by atoms with Gasteiger partial charge in [0.05, 0.1) is 5.56 Å². The van der Waals surface area contributed by atoms with Crippen molar-refractivity contribution in [2.24, 2.45) is 11.7 Å². The van der Waals surface area contributed by atoms with E-state index in [2.05, 4.69) is 10.3 Å². The van der Waals surface area contributed by atoms with Crippen molar-refractivity contribution < 1.29 is 4.79 Å². The lowest BCUT2D eigenvalue weighted by Crippen LogP contribution is -2.38. The molecule has 3 rings (SSSR count). The Morgan fingerprint density at radius 2 is 1.84 bits per heavy atom. The Morgan fingerprint density at radius 3 is 2.32 bits per heavy atom. The topological polar surface area (TPSA) is 68.0 Å². The van der Waals surface area contributed by atoms with Gasteiger partial charge in [-0.2, -0.15) is 0 Å². The van der Waals surface area contributed by atoms with Crippen molar-refractivity contribution in [3.8, 4) is 0 Å². The summed E-state index contributed by atoms with van der Waals surface area (Å²) in [6.45, 7) is 2.68. The van der Waals surface area contributed by atoms with Crippen LogP contribution in [0.1, 0.15) is 41.7 Å². The normalized spacial score (nSPS) is 19.5. The van der Waals surface area contributed by atoms with E-state index < -0.39 is 0 Å². The molecule has 1 fully saturated rings. The van der Waals surface area contributed by atoms with Gasteiger partial charge in [-0.15, -0.1) is 0 Å². The Labute approximate surface area is 154 Å². The van der Waals surface area contributed by atoms with Gasteiger partial charge in [-0.1, -0.05) is 29.8 Å². The molecule has 0 unspecified atom stereocenters. The molecule has 0 saturated heterocycles. The Bertz CT molecular complexity index is 638. The fourth-order valence-electron chi connectivity index (χ4n) is 2.83. The van der Waals surface area contributed by atoms with Crippen LogP contribution in [0.15, 0.2) is 48.7 Å². The zero-order valence-corrected chi connectivity index (χ0v) is 15.4. The highest BCUT2D eigenvalue weighted by Gasteiger charge is 2.21. The fraction of sp³-hybridized carbons (Fsp3) is 0.400. The van der Waals surface area contributed by atoms with Crippen molar-refractivity contribution in [2.45, 2.75) is 38.6 Å². The van der Waals surface area contributed by atoms with Crippen LogP contribution in [-0.4, -0.2) is 23.5 Å². The van der Waals surface area contributed by atoms with Gasteiger partial charge in [-0.05, 0) is 69.3 Å². The van der Waals surface area contributed by atoms with Crippen molar-refractivity contribution in [1.82, 2.24) is 10.3 Å². The number of carbonyl (C=O) groups excluding carboxylic acids is 1. The van der Waals surface area contributed by atoms with Crippen molar-refractivity contribution >= 4 is 17.5 Å². The van der Waals surface area contributed by atoms with Gasteiger partial charge in [0, 0.05) is 23.0 Å². The maximum atomic E-state index is 12.0. The average molecular weight is 360 g/mol. The Hall–Kier alpha value is -1.91. The smallest absolute Gasteiger partial charge is 0.253 e. The van der Waals surface area contributed by atoms with Crippen LogP contribution in [-0.2, 0) is 0 Å². The number of carbonyl (C=O) groups is 1. The quantitative estimate of drug-likeness (QED) is 0.871. The van der Waals surface area contributed by atoms with Gasteiger partial charge in [0.2, 0.25) is 0 Å². The molecule has 1 amide bonds. The molecule has 0 spiro atoms. The third kappa shape index (κ3) is 6.85. The van der Waals surface area contributed by atoms with Gasteiger partial charge in [0.1, 0.15) is 0 Å². The molecule has 0 radical (unpaired) electrons. The minimum absolute atomic E-state index is 0.0151. The third-order valence-electron chi connectivity index (χ3n) is 4.42. The lowest BCUT2D eigenvalue weighted by molar-refractivity contribution is 0.0922. The van der Waals surface area contributed by atoms with E-state index in [-0.39, 0.29) is 5.91 Å². The van der Waals surface area contributed by atoms with E-state index in [1.807, 2.05) is 49.4 Å². The molecule has 1 heterocycles. The molecule has 1 aliphatic carbocycles. The second-order valence-corrected chi connectivity index (χ2v) is 6.85.